The van der Waals surface area contributed by atoms with E-state index >= 15 is 0 Å². The Morgan fingerprint density at radius 1 is 0.833 bits per heavy atom. The zero-order chi connectivity index (χ0) is 45.6. The predicted molar refractivity (Wildman–Crippen MR) is 246 cm³/mol. The Morgan fingerprint density at radius 2 is 1.29 bits per heavy atom. The monoisotopic (exact) mass is 970 g/mol. The topological polar surface area (TPSA) is 193 Å². The number of anilines is 2. The third-order valence-corrected chi connectivity index (χ3v) is 9.79. The summed E-state index contributed by atoms with van der Waals surface area (Å²) in [6.07, 6.45) is -0.729. The number of alkyl halides is 1. The van der Waals surface area contributed by atoms with E-state index in [4.69, 9.17) is 40.6 Å². The van der Waals surface area contributed by atoms with E-state index in [1.54, 1.807) is 17.0 Å². The van der Waals surface area contributed by atoms with E-state index < -0.39 is 6.09 Å². The van der Waals surface area contributed by atoms with Gasteiger partial charge >= 0.3 is 115 Å². The van der Waals surface area contributed by atoms with E-state index in [0.717, 1.165) is 68.1 Å². The summed E-state index contributed by atoms with van der Waals surface area (Å²) in [6.45, 7) is 14.4. The maximum Gasteiger partial charge on any atom is 1.00 e. The smallest absolute Gasteiger partial charge is 1.00 e. The van der Waals surface area contributed by atoms with Gasteiger partial charge in [-0.2, -0.15) is 10.5 Å². The summed E-state index contributed by atoms with van der Waals surface area (Å²) in [4.78, 5) is 36.4. The molecule has 6 aromatic rings. The predicted octanol–water partition coefficient (Wildman–Crippen LogP) is 3.91. The van der Waals surface area contributed by atoms with E-state index in [0.29, 0.717) is 36.5 Å². The number of carbonyl (C=O) groups is 3. The number of carbonyl (C=O) groups excluding carboxylic acids is 3. The van der Waals surface area contributed by atoms with E-state index in [9.17, 15) is 20.1 Å². The number of cyclic esters (lactones) is 1. The molecular formula is C48H53ClK2N6O9. The molecule has 1 saturated heterocycles. The van der Waals surface area contributed by atoms with Crippen LogP contribution in [0.4, 0.5) is 21.0 Å². The molecule has 2 amide bonds. The molecule has 15 nitrogen and oxygen atoms in total. The van der Waals surface area contributed by atoms with Crippen molar-refractivity contribution in [2.24, 2.45) is 0 Å². The number of aromatic nitrogens is 2. The average molecular weight is 972 g/mol. The Labute approximate surface area is 477 Å². The van der Waals surface area contributed by atoms with Gasteiger partial charge in [-0.15, -0.1) is 11.6 Å². The minimum Gasteiger partial charge on any atom is -1.00 e. The second-order valence-corrected chi connectivity index (χ2v) is 14.8. The van der Waals surface area contributed by atoms with Gasteiger partial charge in [0.2, 0.25) is 0 Å². The van der Waals surface area contributed by atoms with Crippen LogP contribution < -0.4 is 128 Å². The molecule has 0 bridgehead atoms. The maximum absolute atomic E-state index is 11.8. The molecule has 0 atom stereocenters. The Bertz CT molecular complexity index is 2640. The van der Waals surface area contributed by atoms with Crippen LogP contribution in [0.15, 0.2) is 84.9 Å². The van der Waals surface area contributed by atoms with Gasteiger partial charge in [-0.1, -0.05) is 31.7 Å². The largest absolute Gasteiger partial charge is 1.00 e. The van der Waals surface area contributed by atoms with Crippen molar-refractivity contribution in [2.75, 3.05) is 35.9 Å². The number of nitrogens with one attached hydrogen (secondary N) is 1. The number of nitriles is 2. The fourth-order valence-corrected chi connectivity index (χ4v) is 7.33. The Hall–Kier alpha value is -3.93. The molecule has 1 N–H and O–H groups in total. The summed E-state index contributed by atoms with van der Waals surface area (Å²) >= 11 is 5.52. The van der Waals surface area contributed by atoms with Crippen LogP contribution in [0.3, 0.4) is 0 Å². The number of aryl methyl sites for hydroxylation is 2. The van der Waals surface area contributed by atoms with E-state index in [2.05, 4.69) is 38.4 Å². The van der Waals surface area contributed by atoms with Gasteiger partial charge < -0.3 is 39.7 Å². The van der Waals surface area contributed by atoms with Crippen molar-refractivity contribution in [3.8, 4) is 46.2 Å². The second-order valence-electron chi connectivity index (χ2n) is 14.4. The summed E-state index contributed by atoms with van der Waals surface area (Å²) in [6, 6.07) is 31.4. The molecule has 66 heavy (non-hydrogen) atoms. The Kier molecular flexibility index (Phi) is 25.1. The molecule has 0 radical (unpaired) electrons. The zero-order valence-electron chi connectivity index (χ0n) is 38.8. The van der Waals surface area contributed by atoms with Crippen molar-refractivity contribution in [3.63, 3.8) is 0 Å². The number of ether oxygens (including phenoxy) is 4. The second kappa shape index (κ2) is 28.4. The van der Waals surface area contributed by atoms with Gasteiger partial charge in [-0.05, 0) is 101 Å². The molecule has 1 aliphatic heterocycles. The first-order valence-electron chi connectivity index (χ1n) is 20.3. The van der Waals surface area contributed by atoms with Gasteiger partial charge in [-0.25, -0.2) is 9.59 Å². The molecule has 0 spiro atoms. The van der Waals surface area contributed by atoms with Crippen LogP contribution >= 0.6 is 11.6 Å². The number of halogens is 1. The number of fused-ring (bicyclic) bond motifs is 2. The van der Waals surface area contributed by atoms with Crippen LogP contribution in [0.25, 0.3) is 44.3 Å². The number of hydrogen-bond acceptors (Lipinski definition) is 11. The molecule has 0 unspecified atom stereocenters. The van der Waals surface area contributed by atoms with E-state index in [-0.39, 0.29) is 149 Å². The first-order chi connectivity index (χ1) is 30.4. The number of nitrogens with zero attached hydrogens (tertiary/aromatic N) is 5. The van der Waals surface area contributed by atoms with E-state index in [1.165, 1.54) is 0 Å². The summed E-state index contributed by atoms with van der Waals surface area (Å²) in [5.74, 6) is 1.81. The van der Waals surface area contributed by atoms with Crippen molar-refractivity contribution in [3.05, 3.63) is 96.1 Å². The number of amides is 2. The van der Waals surface area contributed by atoms with Crippen molar-refractivity contribution < 1.29 is 148 Å². The molecular weight excluding hydrogens is 918 g/mol. The molecule has 4 aromatic carbocycles. The van der Waals surface area contributed by atoms with E-state index in [1.807, 2.05) is 107 Å². The first-order valence-corrected chi connectivity index (χ1v) is 20.8. The quantitative estimate of drug-likeness (QED) is 0.0581. The Morgan fingerprint density at radius 3 is 1.65 bits per heavy atom. The third kappa shape index (κ3) is 14.3. The molecule has 0 aliphatic carbocycles. The number of benzene rings is 4. The SMILES string of the molecule is C.CCn1c(-c2ccc(N3CCOC3=O)cc2)c(C#N)c2ccc(OC(C)C)cc21.CCn1c(-c2ccc(NC(=O)OCCCl)cc2)c(C#N)c2ccc(OC(C)C)cc21.O=CO[O-].[H-].[K+].[K+]. The summed E-state index contributed by atoms with van der Waals surface area (Å²) < 4.78 is 25.9. The van der Waals surface area contributed by atoms with Gasteiger partial charge in [-0.3, -0.25) is 15.0 Å². The maximum atomic E-state index is 11.8. The van der Waals surface area contributed by atoms with Gasteiger partial charge in [0, 0.05) is 47.4 Å². The molecule has 1 fully saturated rings. The molecule has 7 rings (SSSR count). The zero-order valence-corrected chi connectivity index (χ0v) is 44.8. The summed E-state index contributed by atoms with van der Waals surface area (Å²) in [5, 5.41) is 32.7. The number of rotatable bonds is 13. The van der Waals surface area contributed by atoms with Crippen molar-refractivity contribution in [1.29, 1.82) is 10.5 Å². The molecule has 3 heterocycles. The number of hydrogen-bond donors (Lipinski definition) is 1. The summed E-state index contributed by atoms with van der Waals surface area (Å²) in [5.41, 5.74) is 8.12. The fourth-order valence-electron chi connectivity index (χ4n) is 7.26. The van der Waals surface area contributed by atoms with Gasteiger partial charge in [0.15, 0.2) is 0 Å². The van der Waals surface area contributed by atoms with Crippen LogP contribution in [-0.4, -0.2) is 65.6 Å². The van der Waals surface area contributed by atoms with Crippen molar-refractivity contribution >= 4 is 63.4 Å². The van der Waals surface area contributed by atoms with Gasteiger partial charge in [0.05, 0.1) is 58.2 Å². The van der Waals surface area contributed by atoms with Crippen LogP contribution in [0.5, 0.6) is 11.5 Å². The van der Waals surface area contributed by atoms with Gasteiger partial charge in [0.1, 0.15) is 36.9 Å². The Balaban J connectivity index is 0.000000588. The fraction of sp³-hybridized carbons (Fsp3) is 0.312. The molecule has 0 saturated carbocycles. The minimum atomic E-state index is -0.554. The third-order valence-electron chi connectivity index (χ3n) is 9.64. The van der Waals surface area contributed by atoms with Crippen LogP contribution in [-0.2, 0) is 32.2 Å². The van der Waals surface area contributed by atoms with Crippen molar-refractivity contribution in [2.45, 2.75) is 74.3 Å². The summed E-state index contributed by atoms with van der Waals surface area (Å²) in [7, 11) is 0. The normalized spacial score (nSPS) is 11.3. The molecule has 18 heteroatoms. The van der Waals surface area contributed by atoms with Crippen molar-refractivity contribution in [1.82, 2.24) is 9.13 Å². The average Bonchev–Trinajstić information content (AvgIpc) is 3.96. The van der Waals surface area contributed by atoms with Gasteiger partial charge in [0.25, 0.3) is 6.47 Å². The van der Waals surface area contributed by atoms with Crippen LogP contribution in [0.2, 0.25) is 0 Å². The minimum absolute atomic E-state index is 0. The first kappa shape index (κ1) is 58.2. The van der Waals surface area contributed by atoms with Crippen LogP contribution in [0, 0.1) is 22.7 Å². The molecule has 1 aliphatic rings. The van der Waals surface area contributed by atoms with Crippen LogP contribution in [0.1, 0.15) is 61.5 Å². The molecule has 338 valence electrons. The molecule has 2 aromatic heterocycles. The standard InChI is InChI=1S/C23H24ClN3O3.C23H23N3O3.CH2O3.CH4.2K.H/c1-4-27-21-13-18(30-15(2)3)9-10-19(21)20(14-25)22(27)16-5-7-17(8-6-16)26-23(28)29-12-11-24;1-4-25-21-13-18(29-15(2)3)9-10-19(21)20(14-24)22(25)16-5-7-17(8-6-16)26-11-12-28-23(26)27;2-1-4-3;;;;/h5-10,13,15H,4,11-12H2,1-3H3,(H,26,28);5-10,13,15H,4,11-12H2,1-3H3;1,3H;1H4;;;/q;;;;2*+1;-1/p-1.